The summed E-state index contributed by atoms with van der Waals surface area (Å²) in [7, 11) is 4.11. The number of nitrogens with zero attached hydrogens (tertiary/aromatic N) is 1. The highest BCUT2D eigenvalue weighted by atomic mass is 32.2. The maximum absolute atomic E-state index is 5.73. The number of nitrogens with two attached hydrogens (primary N) is 1. The van der Waals surface area contributed by atoms with Gasteiger partial charge >= 0.3 is 0 Å². The SMILES string of the molecule is CSc1ccc([C@@H](CN)N(C)C)cc1. The van der Waals surface area contributed by atoms with Crippen molar-refractivity contribution in [3.63, 3.8) is 0 Å². The van der Waals surface area contributed by atoms with Crippen LogP contribution in [0.3, 0.4) is 0 Å². The van der Waals surface area contributed by atoms with Crippen LogP contribution in [-0.2, 0) is 0 Å². The second kappa shape index (κ2) is 5.39. The molecule has 2 nitrogen and oxygen atoms in total. The number of thioether (sulfide) groups is 1. The molecule has 14 heavy (non-hydrogen) atoms. The monoisotopic (exact) mass is 210 g/mol. The molecule has 0 bridgehead atoms. The van der Waals surface area contributed by atoms with E-state index in [9.17, 15) is 0 Å². The van der Waals surface area contributed by atoms with Crippen molar-refractivity contribution in [2.75, 3.05) is 26.9 Å². The van der Waals surface area contributed by atoms with Gasteiger partial charge in [0.25, 0.3) is 0 Å². The summed E-state index contributed by atoms with van der Waals surface area (Å²) in [5, 5.41) is 0. The number of rotatable bonds is 4. The van der Waals surface area contributed by atoms with Crippen LogP contribution in [0.2, 0.25) is 0 Å². The van der Waals surface area contributed by atoms with Crippen molar-refractivity contribution in [2.45, 2.75) is 10.9 Å². The molecule has 0 aliphatic heterocycles. The lowest BCUT2D eigenvalue weighted by Gasteiger charge is -2.23. The van der Waals surface area contributed by atoms with Gasteiger partial charge in [-0.2, -0.15) is 0 Å². The Morgan fingerprint density at radius 2 is 1.86 bits per heavy atom. The topological polar surface area (TPSA) is 29.3 Å². The summed E-state index contributed by atoms with van der Waals surface area (Å²) in [6.45, 7) is 0.658. The molecule has 1 aromatic carbocycles. The van der Waals surface area contributed by atoms with E-state index in [1.807, 2.05) is 0 Å². The summed E-state index contributed by atoms with van der Waals surface area (Å²) in [5.41, 5.74) is 7.02. The third kappa shape index (κ3) is 2.74. The van der Waals surface area contributed by atoms with Gasteiger partial charge in [-0.1, -0.05) is 12.1 Å². The van der Waals surface area contributed by atoms with E-state index in [0.717, 1.165) is 0 Å². The van der Waals surface area contributed by atoms with Crippen molar-refractivity contribution in [3.05, 3.63) is 29.8 Å². The minimum absolute atomic E-state index is 0.325. The first-order valence-corrected chi connectivity index (χ1v) is 5.92. The molecule has 1 atom stereocenters. The van der Waals surface area contributed by atoms with Gasteiger partial charge < -0.3 is 10.6 Å². The molecule has 0 fully saturated rings. The average Bonchev–Trinajstić information content (AvgIpc) is 2.19. The standard InChI is InChI=1S/C11H18N2S/c1-13(2)11(8-12)9-4-6-10(14-3)7-5-9/h4-7,11H,8,12H2,1-3H3/t11-/m1/s1. The maximum Gasteiger partial charge on any atom is 0.0464 e. The number of hydrogen-bond acceptors (Lipinski definition) is 3. The van der Waals surface area contributed by atoms with E-state index in [1.54, 1.807) is 11.8 Å². The Hall–Kier alpha value is -0.510. The highest BCUT2D eigenvalue weighted by molar-refractivity contribution is 7.98. The summed E-state index contributed by atoms with van der Waals surface area (Å²) < 4.78 is 0. The van der Waals surface area contributed by atoms with E-state index in [-0.39, 0.29) is 0 Å². The first kappa shape index (κ1) is 11.6. The zero-order valence-electron chi connectivity index (χ0n) is 9.03. The van der Waals surface area contributed by atoms with E-state index in [4.69, 9.17) is 5.73 Å². The fourth-order valence-corrected chi connectivity index (χ4v) is 1.88. The molecule has 0 aliphatic rings. The van der Waals surface area contributed by atoms with E-state index >= 15 is 0 Å². The first-order valence-electron chi connectivity index (χ1n) is 4.69. The Morgan fingerprint density at radius 1 is 1.29 bits per heavy atom. The number of hydrogen-bond donors (Lipinski definition) is 1. The lowest BCUT2D eigenvalue weighted by molar-refractivity contribution is 0.306. The van der Waals surface area contributed by atoms with Crippen LogP contribution < -0.4 is 5.73 Å². The van der Waals surface area contributed by atoms with Gasteiger partial charge in [0.1, 0.15) is 0 Å². The lowest BCUT2D eigenvalue weighted by atomic mass is 10.1. The Bertz CT molecular complexity index is 269. The smallest absolute Gasteiger partial charge is 0.0464 e. The van der Waals surface area contributed by atoms with Crippen molar-refractivity contribution >= 4 is 11.8 Å². The second-order valence-corrected chi connectivity index (χ2v) is 4.37. The van der Waals surface area contributed by atoms with Crippen molar-refractivity contribution in [1.29, 1.82) is 0 Å². The lowest BCUT2D eigenvalue weighted by Crippen LogP contribution is -2.27. The van der Waals surface area contributed by atoms with Crippen molar-refractivity contribution in [1.82, 2.24) is 4.90 Å². The summed E-state index contributed by atoms with van der Waals surface area (Å²) in [5.74, 6) is 0. The molecular weight excluding hydrogens is 192 g/mol. The molecule has 0 unspecified atom stereocenters. The molecule has 1 rings (SSSR count). The van der Waals surface area contributed by atoms with Crippen LogP contribution in [0.25, 0.3) is 0 Å². The van der Waals surface area contributed by atoms with Gasteiger partial charge in [-0.3, -0.25) is 0 Å². The average molecular weight is 210 g/mol. The molecule has 0 heterocycles. The maximum atomic E-state index is 5.73. The Kier molecular flexibility index (Phi) is 4.45. The van der Waals surface area contributed by atoms with Crippen molar-refractivity contribution in [3.8, 4) is 0 Å². The van der Waals surface area contributed by atoms with Crippen molar-refractivity contribution < 1.29 is 0 Å². The molecule has 78 valence electrons. The fraction of sp³-hybridized carbons (Fsp3) is 0.455. The largest absolute Gasteiger partial charge is 0.329 e. The minimum Gasteiger partial charge on any atom is -0.329 e. The molecule has 1 aromatic rings. The van der Waals surface area contributed by atoms with Crippen LogP contribution in [0, 0.1) is 0 Å². The molecule has 2 N–H and O–H groups in total. The van der Waals surface area contributed by atoms with E-state index < -0.39 is 0 Å². The zero-order valence-corrected chi connectivity index (χ0v) is 9.84. The Morgan fingerprint density at radius 3 is 2.21 bits per heavy atom. The van der Waals surface area contributed by atoms with Gasteiger partial charge in [0.15, 0.2) is 0 Å². The van der Waals surface area contributed by atoms with Crippen LogP contribution in [0.5, 0.6) is 0 Å². The highest BCUT2D eigenvalue weighted by Gasteiger charge is 2.10. The first-order chi connectivity index (χ1) is 6.69. The van der Waals surface area contributed by atoms with E-state index in [1.165, 1.54) is 10.5 Å². The van der Waals surface area contributed by atoms with Crippen LogP contribution in [0.1, 0.15) is 11.6 Å². The molecule has 0 saturated heterocycles. The van der Waals surface area contributed by atoms with Crippen molar-refractivity contribution in [2.24, 2.45) is 5.73 Å². The van der Waals surface area contributed by atoms with Gasteiger partial charge in [0.2, 0.25) is 0 Å². The van der Waals surface area contributed by atoms with Crippen LogP contribution >= 0.6 is 11.8 Å². The van der Waals surface area contributed by atoms with Crippen LogP contribution in [0.15, 0.2) is 29.2 Å². The predicted molar refractivity (Wildman–Crippen MR) is 63.7 cm³/mol. The summed E-state index contributed by atoms with van der Waals surface area (Å²) >= 11 is 1.76. The molecule has 0 spiro atoms. The van der Waals surface area contributed by atoms with E-state index in [2.05, 4.69) is 49.5 Å². The third-order valence-electron chi connectivity index (χ3n) is 2.35. The van der Waals surface area contributed by atoms with Gasteiger partial charge in [-0.05, 0) is 38.0 Å². The highest BCUT2D eigenvalue weighted by Crippen LogP contribution is 2.20. The minimum atomic E-state index is 0.325. The molecule has 0 amide bonds. The molecule has 3 heteroatoms. The fourth-order valence-electron chi connectivity index (χ4n) is 1.47. The Labute approximate surface area is 90.5 Å². The third-order valence-corrected chi connectivity index (χ3v) is 3.09. The zero-order chi connectivity index (χ0) is 10.6. The van der Waals surface area contributed by atoms with Crippen LogP contribution in [-0.4, -0.2) is 31.8 Å². The summed E-state index contributed by atoms with van der Waals surface area (Å²) in [6.07, 6.45) is 2.08. The normalized spacial score (nSPS) is 13.2. The number of benzene rings is 1. The van der Waals surface area contributed by atoms with E-state index in [0.29, 0.717) is 12.6 Å². The predicted octanol–water partition coefficient (Wildman–Crippen LogP) is 1.97. The van der Waals surface area contributed by atoms with Gasteiger partial charge in [0, 0.05) is 17.5 Å². The Balaban J connectivity index is 2.84. The second-order valence-electron chi connectivity index (χ2n) is 3.49. The van der Waals surface area contributed by atoms with Gasteiger partial charge in [-0.25, -0.2) is 0 Å². The number of likely N-dealkylation sites (N-methyl/N-ethyl adjacent to an activating group) is 1. The quantitative estimate of drug-likeness (QED) is 0.770. The van der Waals surface area contributed by atoms with Crippen LogP contribution in [0.4, 0.5) is 0 Å². The molecule has 0 aromatic heterocycles. The molecular formula is C11H18N2S. The molecule has 0 saturated carbocycles. The molecule has 0 radical (unpaired) electrons. The molecule has 0 aliphatic carbocycles. The summed E-state index contributed by atoms with van der Waals surface area (Å²) in [6, 6.07) is 8.93. The van der Waals surface area contributed by atoms with Gasteiger partial charge in [0.05, 0.1) is 0 Å². The van der Waals surface area contributed by atoms with Gasteiger partial charge in [-0.15, -0.1) is 11.8 Å². The summed E-state index contributed by atoms with van der Waals surface area (Å²) in [4.78, 5) is 3.44.